The second-order valence-electron chi connectivity index (χ2n) is 6.72. The van der Waals surface area contributed by atoms with Gasteiger partial charge < -0.3 is 14.5 Å². The van der Waals surface area contributed by atoms with Crippen molar-refractivity contribution in [1.82, 2.24) is 39.8 Å². The summed E-state index contributed by atoms with van der Waals surface area (Å²) in [6, 6.07) is 0.168. The number of H-pyrrole nitrogens is 1. The van der Waals surface area contributed by atoms with Crippen LogP contribution in [0.2, 0.25) is 0 Å². The van der Waals surface area contributed by atoms with Gasteiger partial charge in [0, 0.05) is 37.1 Å². The van der Waals surface area contributed by atoms with Gasteiger partial charge in [-0.1, -0.05) is 6.92 Å². The van der Waals surface area contributed by atoms with Crippen LogP contribution in [0.15, 0.2) is 24.9 Å². The Kier molecular flexibility index (Phi) is 4.27. The highest BCUT2D eigenvalue weighted by molar-refractivity contribution is 5.95. The van der Waals surface area contributed by atoms with E-state index in [-0.39, 0.29) is 11.9 Å². The SMILES string of the molecule is CCc1[nH]ncc1C(=O)NC1CC(c2nnc(Cn3ccnc3)n2C)C1. The predicted octanol–water partition coefficient (Wildman–Crippen LogP) is 1.02. The number of carbonyl (C=O) groups is 1. The molecule has 0 saturated heterocycles. The van der Waals surface area contributed by atoms with E-state index in [0.29, 0.717) is 18.0 Å². The van der Waals surface area contributed by atoms with Crippen molar-refractivity contribution in [3.8, 4) is 0 Å². The smallest absolute Gasteiger partial charge is 0.254 e. The third-order valence-corrected chi connectivity index (χ3v) is 5.04. The van der Waals surface area contributed by atoms with Crippen LogP contribution in [0.4, 0.5) is 0 Å². The zero-order valence-electron chi connectivity index (χ0n) is 14.9. The number of imidazole rings is 1. The Morgan fingerprint density at radius 2 is 2.23 bits per heavy atom. The molecule has 0 radical (unpaired) electrons. The number of hydrogen-bond donors (Lipinski definition) is 2. The van der Waals surface area contributed by atoms with Gasteiger partial charge in [0.25, 0.3) is 5.91 Å². The molecule has 0 atom stereocenters. The molecule has 0 bridgehead atoms. The van der Waals surface area contributed by atoms with Crippen LogP contribution in [0.1, 0.15) is 53.4 Å². The van der Waals surface area contributed by atoms with Crippen LogP contribution in [-0.4, -0.2) is 46.5 Å². The Bertz CT molecular complexity index is 888. The van der Waals surface area contributed by atoms with E-state index in [1.165, 1.54) is 0 Å². The van der Waals surface area contributed by atoms with Gasteiger partial charge in [-0.25, -0.2) is 4.98 Å². The number of amides is 1. The molecule has 136 valence electrons. The average Bonchev–Trinajstić information content (AvgIpc) is 3.33. The number of hydrogen-bond acceptors (Lipinski definition) is 5. The van der Waals surface area contributed by atoms with Gasteiger partial charge >= 0.3 is 0 Å². The molecular formula is C17H22N8O. The lowest BCUT2D eigenvalue weighted by Crippen LogP contribution is -2.44. The van der Waals surface area contributed by atoms with Gasteiger partial charge in [0.15, 0.2) is 5.82 Å². The summed E-state index contributed by atoms with van der Waals surface area (Å²) in [6.45, 7) is 2.65. The van der Waals surface area contributed by atoms with Crippen molar-refractivity contribution in [2.24, 2.45) is 7.05 Å². The number of carbonyl (C=O) groups excluding carboxylic acids is 1. The summed E-state index contributed by atoms with van der Waals surface area (Å²) < 4.78 is 4.02. The van der Waals surface area contributed by atoms with E-state index in [0.717, 1.165) is 36.6 Å². The zero-order valence-corrected chi connectivity index (χ0v) is 14.9. The van der Waals surface area contributed by atoms with Crippen LogP contribution < -0.4 is 5.32 Å². The first-order valence-corrected chi connectivity index (χ1v) is 8.82. The molecule has 3 aromatic rings. The van der Waals surface area contributed by atoms with Crippen molar-refractivity contribution in [3.63, 3.8) is 0 Å². The Morgan fingerprint density at radius 1 is 1.38 bits per heavy atom. The molecule has 3 aromatic heterocycles. The highest BCUT2D eigenvalue weighted by Gasteiger charge is 2.35. The molecule has 1 amide bonds. The number of aryl methyl sites for hydroxylation is 1. The minimum atomic E-state index is -0.0576. The first-order valence-electron chi connectivity index (χ1n) is 8.82. The fraction of sp³-hybridized carbons (Fsp3) is 0.471. The minimum Gasteiger partial charge on any atom is -0.349 e. The van der Waals surface area contributed by atoms with E-state index in [1.807, 2.05) is 29.3 Å². The number of nitrogens with one attached hydrogen (secondary N) is 2. The first-order chi connectivity index (χ1) is 12.7. The fourth-order valence-corrected chi connectivity index (χ4v) is 3.40. The van der Waals surface area contributed by atoms with E-state index in [2.05, 4.69) is 30.7 Å². The maximum atomic E-state index is 12.4. The van der Waals surface area contributed by atoms with E-state index < -0.39 is 0 Å². The highest BCUT2D eigenvalue weighted by atomic mass is 16.1. The predicted molar refractivity (Wildman–Crippen MR) is 93.5 cm³/mol. The highest BCUT2D eigenvalue weighted by Crippen LogP contribution is 2.36. The monoisotopic (exact) mass is 354 g/mol. The maximum Gasteiger partial charge on any atom is 0.254 e. The van der Waals surface area contributed by atoms with Crippen LogP contribution in [0.5, 0.6) is 0 Å². The van der Waals surface area contributed by atoms with Gasteiger partial charge in [0.05, 0.1) is 24.6 Å². The van der Waals surface area contributed by atoms with Gasteiger partial charge in [-0.15, -0.1) is 10.2 Å². The van der Waals surface area contributed by atoms with Crippen molar-refractivity contribution >= 4 is 5.91 Å². The van der Waals surface area contributed by atoms with Crippen molar-refractivity contribution in [2.45, 2.75) is 44.7 Å². The van der Waals surface area contributed by atoms with E-state index in [4.69, 9.17) is 0 Å². The number of aromatic amines is 1. The van der Waals surface area contributed by atoms with Crippen LogP contribution in [0.3, 0.4) is 0 Å². The van der Waals surface area contributed by atoms with Gasteiger partial charge in [-0.05, 0) is 19.3 Å². The Morgan fingerprint density at radius 3 is 2.96 bits per heavy atom. The lowest BCUT2D eigenvalue weighted by Gasteiger charge is -2.35. The topological polar surface area (TPSA) is 106 Å². The molecule has 9 heteroatoms. The summed E-state index contributed by atoms with van der Waals surface area (Å²) in [6.07, 6.45) is 9.53. The Labute approximate surface area is 150 Å². The van der Waals surface area contributed by atoms with Crippen LogP contribution >= 0.6 is 0 Å². The molecule has 26 heavy (non-hydrogen) atoms. The lowest BCUT2D eigenvalue weighted by atomic mass is 9.79. The molecule has 0 spiro atoms. The molecule has 3 heterocycles. The normalized spacial score (nSPS) is 19.3. The van der Waals surface area contributed by atoms with Gasteiger partial charge in [-0.3, -0.25) is 9.89 Å². The third-order valence-electron chi connectivity index (χ3n) is 5.04. The standard InChI is InChI=1S/C17H22N8O/c1-3-14-13(8-19-21-14)17(26)20-12-6-11(7-12)16-23-22-15(24(16)2)9-25-5-4-18-10-25/h4-5,8,10-12H,3,6-7,9H2,1-2H3,(H,19,21)(H,20,26). The number of nitrogens with zero attached hydrogens (tertiary/aromatic N) is 6. The molecule has 0 aromatic carbocycles. The molecular weight excluding hydrogens is 332 g/mol. The van der Waals surface area contributed by atoms with E-state index in [9.17, 15) is 4.79 Å². The van der Waals surface area contributed by atoms with Crippen LogP contribution in [0.25, 0.3) is 0 Å². The summed E-state index contributed by atoms with van der Waals surface area (Å²) in [7, 11) is 1.99. The third kappa shape index (κ3) is 3.00. The molecule has 2 N–H and O–H groups in total. The fourth-order valence-electron chi connectivity index (χ4n) is 3.40. The first kappa shape index (κ1) is 16.5. The van der Waals surface area contributed by atoms with Crippen molar-refractivity contribution in [2.75, 3.05) is 0 Å². The quantitative estimate of drug-likeness (QED) is 0.687. The summed E-state index contributed by atoms with van der Waals surface area (Å²) in [4.78, 5) is 16.4. The second-order valence-corrected chi connectivity index (χ2v) is 6.72. The maximum absolute atomic E-state index is 12.4. The minimum absolute atomic E-state index is 0.0576. The molecule has 1 saturated carbocycles. The lowest BCUT2D eigenvalue weighted by molar-refractivity contribution is 0.0906. The second kappa shape index (κ2) is 6.74. The van der Waals surface area contributed by atoms with Gasteiger partial charge in [0.2, 0.25) is 0 Å². The van der Waals surface area contributed by atoms with Crippen LogP contribution in [-0.2, 0) is 20.0 Å². The zero-order chi connectivity index (χ0) is 18.1. The summed E-state index contributed by atoms with van der Waals surface area (Å²) in [5.41, 5.74) is 1.51. The molecule has 4 rings (SSSR count). The Hall–Kier alpha value is -2.97. The summed E-state index contributed by atoms with van der Waals surface area (Å²) in [5.74, 6) is 2.14. The largest absolute Gasteiger partial charge is 0.349 e. The van der Waals surface area contributed by atoms with Crippen molar-refractivity contribution in [1.29, 1.82) is 0 Å². The van der Waals surface area contributed by atoms with Gasteiger partial charge in [0.1, 0.15) is 5.82 Å². The molecule has 1 fully saturated rings. The molecule has 0 aliphatic heterocycles. The summed E-state index contributed by atoms with van der Waals surface area (Å²) >= 11 is 0. The number of aromatic nitrogens is 7. The molecule has 1 aliphatic rings. The Balaban J connectivity index is 1.35. The molecule has 9 nitrogen and oxygen atoms in total. The van der Waals surface area contributed by atoms with Crippen molar-refractivity contribution < 1.29 is 4.79 Å². The van der Waals surface area contributed by atoms with Crippen molar-refractivity contribution in [3.05, 3.63) is 47.8 Å². The average molecular weight is 354 g/mol. The van der Waals surface area contributed by atoms with Gasteiger partial charge in [-0.2, -0.15) is 5.10 Å². The van der Waals surface area contributed by atoms with Crippen LogP contribution in [0, 0.1) is 0 Å². The van der Waals surface area contributed by atoms with E-state index in [1.54, 1.807) is 18.7 Å². The molecule has 0 unspecified atom stereocenters. The van der Waals surface area contributed by atoms with E-state index >= 15 is 0 Å². The molecule has 1 aliphatic carbocycles. The summed E-state index contributed by atoms with van der Waals surface area (Å²) in [5, 5.41) is 18.6. The number of rotatable bonds is 6.